The van der Waals surface area contributed by atoms with Crippen molar-refractivity contribution in [1.29, 1.82) is 0 Å². The van der Waals surface area contributed by atoms with Gasteiger partial charge in [-0.2, -0.15) is 0 Å². The second-order valence-corrected chi connectivity index (χ2v) is 10.6. The summed E-state index contributed by atoms with van der Waals surface area (Å²) in [6.07, 6.45) is 1.77. The van der Waals surface area contributed by atoms with Crippen LogP contribution in [0.1, 0.15) is 29.8 Å². The Hall–Kier alpha value is -4.10. The molecule has 3 fully saturated rings. The van der Waals surface area contributed by atoms with Crippen LogP contribution in [-0.2, 0) is 15.1 Å². The normalized spacial score (nSPS) is 27.7. The van der Waals surface area contributed by atoms with E-state index in [9.17, 15) is 14.4 Å². The minimum atomic E-state index is -0.974. The molecule has 5 heterocycles. The van der Waals surface area contributed by atoms with Crippen LogP contribution in [0.4, 0.5) is 5.69 Å². The molecule has 0 aliphatic carbocycles. The van der Waals surface area contributed by atoms with Gasteiger partial charge in [-0.05, 0) is 56.6 Å². The Morgan fingerprint density at radius 1 is 0.892 bits per heavy atom. The van der Waals surface area contributed by atoms with Crippen LogP contribution in [0.3, 0.4) is 0 Å². The number of hydrogen-bond acceptors (Lipinski definition) is 5. The summed E-state index contributed by atoms with van der Waals surface area (Å²) in [5, 5.41) is 0.542. The average molecular weight is 489 g/mol. The summed E-state index contributed by atoms with van der Waals surface area (Å²) in [6, 6.07) is 22.6. The van der Waals surface area contributed by atoms with Crippen LogP contribution in [0.25, 0.3) is 16.6 Å². The van der Waals surface area contributed by atoms with Crippen LogP contribution in [0.2, 0.25) is 0 Å². The lowest BCUT2D eigenvalue weighted by Crippen LogP contribution is -2.51. The van der Waals surface area contributed by atoms with Gasteiger partial charge < -0.3 is 0 Å². The van der Waals surface area contributed by atoms with E-state index in [1.54, 1.807) is 10.6 Å². The third-order valence-electron chi connectivity index (χ3n) is 8.93. The summed E-state index contributed by atoms with van der Waals surface area (Å²) < 4.78 is 1.70. The van der Waals surface area contributed by atoms with Gasteiger partial charge in [0, 0.05) is 11.6 Å². The van der Waals surface area contributed by atoms with Crippen molar-refractivity contribution in [2.75, 3.05) is 11.4 Å². The van der Waals surface area contributed by atoms with Gasteiger partial charge in [0.25, 0.3) is 5.56 Å². The third-order valence-corrected chi connectivity index (χ3v) is 8.93. The smallest absolute Gasteiger partial charge is 0.266 e. The maximum atomic E-state index is 14.4. The molecule has 2 amide bonds. The van der Waals surface area contributed by atoms with Crippen molar-refractivity contribution in [3.05, 3.63) is 100 Å². The van der Waals surface area contributed by atoms with Crippen molar-refractivity contribution < 1.29 is 9.59 Å². The first kappa shape index (κ1) is 21.0. The van der Waals surface area contributed by atoms with Gasteiger partial charge in [-0.1, -0.05) is 48.0 Å². The van der Waals surface area contributed by atoms with E-state index in [0.717, 1.165) is 36.2 Å². The van der Waals surface area contributed by atoms with Gasteiger partial charge in [-0.15, -0.1) is 0 Å². The largest absolute Gasteiger partial charge is 0.283 e. The molecule has 0 N–H and O–H groups in total. The van der Waals surface area contributed by atoms with Crippen LogP contribution in [-0.4, -0.2) is 38.9 Å². The van der Waals surface area contributed by atoms with E-state index >= 15 is 0 Å². The molecule has 1 aromatic heterocycles. The Kier molecular flexibility index (Phi) is 3.99. The Balaban J connectivity index is 1.45. The van der Waals surface area contributed by atoms with E-state index < -0.39 is 17.4 Å². The summed E-state index contributed by atoms with van der Waals surface area (Å²) >= 11 is 0. The van der Waals surface area contributed by atoms with Crippen LogP contribution in [0.15, 0.2) is 77.6 Å². The molecule has 4 atom stereocenters. The number of aromatic nitrogens is 2. The van der Waals surface area contributed by atoms with Crippen molar-refractivity contribution >= 4 is 28.4 Å². The molecule has 37 heavy (non-hydrogen) atoms. The van der Waals surface area contributed by atoms with Crippen LogP contribution >= 0.6 is 0 Å². The number of para-hydroxylation sites is 2. The number of rotatable bonds is 1. The van der Waals surface area contributed by atoms with Crippen LogP contribution in [0.5, 0.6) is 0 Å². The Morgan fingerprint density at radius 3 is 2.49 bits per heavy atom. The summed E-state index contributed by atoms with van der Waals surface area (Å²) in [7, 11) is 0. The van der Waals surface area contributed by atoms with Gasteiger partial charge in [0.1, 0.15) is 11.4 Å². The summed E-state index contributed by atoms with van der Waals surface area (Å²) in [6.45, 7) is 2.73. The fourth-order valence-corrected chi connectivity index (χ4v) is 7.56. The van der Waals surface area contributed by atoms with E-state index in [-0.39, 0.29) is 23.4 Å². The summed E-state index contributed by atoms with van der Waals surface area (Å²) in [5.74, 6) is -0.942. The minimum Gasteiger partial charge on any atom is -0.283 e. The van der Waals surface area contributed by atoms with Crippen molar-refractivity contribution in [2.24, 2.45) is 11.8 Å². The summed E-state index contributed by atoms with van der Waals surface area (Å²) in [4.78, 5) is 51.2. The lowest BCUT2D eigenvalue weighted by molar-refractivity contribution is -0.124. The number of aryl methyl sites for hydroxylation is 1. The standard InChI is InChI=1S/C30H24N4O3/c1-17-12-14-18(15-13-17)33-27(36)24-23-11-6-16-32(23)30(25(24)28(33)37)20-8-3-5-10-22(20)34-26(35)19-7-2-4-9-21(19)31-29(30)34/h2-5,7-10,12-15,23-25H,6,11,16H2,1H3/t23-,24-,25+,30+/m0/s1. The van der Waals surface area contributed by atoms with Crippen molar-refractivity contribution in [2.45, 2.75) is 31.3 Å². The second-order valence-electron chi connectivity index (χ2n) is 10.6. The van der Waals surface area contributed by atoms with E-state index in [1.165, 1.54) is 4.90 Å². The predicted molar refractivity (Wildman–Crippen MR) is 138 cm³/mol. The van der Waals surface area contributed by atoms with Crippen LogP contribution in [0, 0.1) is 18.8 Å². The van der Waals surface area contributed by atoms with Gasteiger partial charge >= 0.3 is 0 Å². The van der Waals surface area contributed by atoms with Gasteiger partial charge in [-0.25, -0.2) is 9.88 Å². The zero-order valence-electron chi connectivity index (χ0n) is 20.3. The number of fused-ring (bicyclic) bond motifs is 11. The Morgan fingerprint density at radius 2 is 1.65 bits per heavy atom. The monoisotopic (exact) mass is 488 g/mol. The predicted octanol–water partition coefficient (Wildman–Crippen LogP) is 3.53. The molecule has 8 rings (SSSR count). The quantitative estimate of drug-likeness (QED) is 0.383. The fourth-order valence-electron chi connectivity index (χ4n) is 7.56. The first-order valence-electron chi connectivity index (χ1n) is 12.9. The molecule has 3 aromatic carbocycles. The molecule has 182 valence electrons. The van der Waals surface area contributed by atoms with Crippen molar-refractivity contribution in [1.82, 2.24) is 14.5 Å². The molecule has 7 heteroatoms. The SMILES string of the molecule is Cc1ccc(N2C(=O)[C@H]3[C@@H]4CCCN4[C@]4(c5ccccc5-n5c4nc4ccccc4c5=O)[C@H]3C2=O)cc1. The van der Waals surface area contributed by atoms with E-state index in [4.69, 9.17) is 4.98 Å². The zero-order valence-corrected chi connectivity index (χ0v) is 20.3. The van der Waals surface area contributed by atoms with Gasteiger partial charge in [0.15, 0.2) is 0 Å². The van der Waals surface area contributed by atoms with Gasteiger partial charge in [0.2, 0.25) is 11.8 Å². The number of imide groups is 1. The molecule has 0 saturated carbocycles. The molecule has 1 spiro atoms. The number of anilines is 1. The molecule has 4 aliphatic heterocycles. The number of benzene rings is 3. The highest BCUT2D eigenvalue weighted by molar-refractivity contribution is 6.23. The molecule has 4 aliphatic rings. The molecule has 7 nitrogen and oxygen atoms in total. The number of carbonyl (C=O) groups is 2. The first-order chi connectivity index (χ1) is 18.0. The highest BCUT2D eigenvalue weighted by atomic mass is 16.2. The van der Waals surface area contributed by atoms with Gasteiger partial charge in [0.05, 0.1) is 34.1 Å². The Bertz CT molecular complexity index is 1730. The minimum absolute atomic E-state index is 0.0834. The average Bonchev–Trinajstić information content (AvgIpc) is 3.62. The number of nitrogens with zero attached hydrogens (tertiary/aromatic N) is 4. The first-order valence-corrected chi connectivity index (χ1v) is 12.9. The maximum absolute atomic E-state index is 14.4. The highest BCUT2D eigenvalue weighted by Crippen LogP contribution is 2.62. The second kappa shape index (κ2) is 7.01. The van der Waals surface area contributed by atoms with Crippen molar-refractivity contribution in [3.8, 4) is 5.69 Å². The molecular formula is C30H24N4O3. The number of hydrogen-bond donors (Lipinski definition) is 0. The molecular weight excluding hydrogens is 464 g/mol. The Labute approximate surface area is 213 Å². The van der Waals surface area contributed by atoms with Gasteiger partial charge in [-0.3, -0.25) is 23.9 Å². The fraction of sp³-hybridized carbons (Fsp3) is 0.267. The third kappa shape index (κ3) is 2.36. The van der Waals surface area contributed by atoms with E-state index in [2.05, 4.69) is 4.90 Å². The summed E-state index contributed by atoms with van der Waals surface area (Å²) in [5.41, 5.74) is 2.80. The molecule has 0 unspecified atom stereocenters. The van der Waals surface area contributed by atoms with Crippen molar-refractivity contribution in [3.63, 3.8) is 0 Å². The van der Waals surface area contributed by atoms with Crippen LogP contribution < -0.4 is 10.5 Å². The number of amides is 2. The maximum Gasteiger partial charge on any atom is 0.266 e. The molecule has 0 radical (unpaired) electrons. The van der Waals surface area contributed by atoms with E-state index in [1.807, 2.05) is 73.7 Å². The zero-order chi connectivity index (χ0) is 25.1. The highest BCUT2D eigenvalue weighted by Gasteiger charge is 2.73. The number of carbonyl (C=O) groups excluding carboxylic acids is 2. The molecule has 4 aromatic rings. The topological polar surface area (TPSA) is 75.5 Å². The lowest BCUT2D eigenvalue weighted by atomic mass is 9.75. The molecule has 3 saturated heterocycles. The lowest BCUT2D eigenvalue weighted by Gasteiger charge is -2.38. The molecule has 0 bridgehead atoms. The van der Waals surface area contributed by atoms with E-state index in [0.29, 0.717) is 22.4 Å².